The summed E-state index contributed by atoms with van der Waals surface area (Å²) >= 11 is 5.94. The normalized spacial score (nSPS) is 10.9. The van der Waals surface area contributed by atoms with Crippen LogP contribution in [0.25, 0.3) is 6.08 Å². The molecule has 0 spiro atoms. The molecular weight excluding hydrogens is 431 g/mol. The van der Waals surface area contributed by atoms with Gasteiger partial charge in [0, 0.05) is 10.7 Å². The minimum atomic E-state index is -0.534. The Morgan fingerprint density at radius 2 is 1.88 bits per heavy atom. The fraction of sp³-hybridized carbons (Fsp3) is 0.120. The van der Waals surface area contributed by atoms with E-state index < -0.39 is 5.91 Å². The summed E-state index contributed by atoms with van der Waals surface area (Å²) in [5.41, 5.74) is 2.69. The van der Waals surface area contributed by atoms with Gasteiger partial charge in [-0.05, 0) is 72.2 Å². The first-order chi connectivity index (χ1) is 15.4. The Labute approximate surface area is 190 Å². The van der Waals surface area contributed by atoms with E-state index >= 15 is 0 Å². The van der Waals surface area contributed by atoms with Crippen LogP contribution in [0.3, 0.4) is 0 Å². The zero-order valence-electron chi connectivity index (χ0n) is 17.5. The molecule has 0 saturated heterocycles. The molecule has 3 aromatic rings. The molecule has 0 aliphatic carbocycles. The molecule has 0 heterocycles. The fourth-order valence-corrected chi connectivity index (χ4v) is 3.13. The fourth-order valence-electron chi connectivity index (χ4n) is 2.91. The van der Waals surface area contributed by atoms with Gasteiger partial charge in [0.1, 0.15) is 24.1 Å². The molecule has 3 rings (SSSR count). The van der Waals surface area contributed by atoms with Crippen LogP contribution in [0.15, 0.2) is 66.2 Å². The van der Waals surface area contributed by atoms with Gasteiger partial charge in [-0.1, -0.05) is 29.8 Å². The second-order valence-electron chi connectivity index (χ2n) is 6.91. The van der Waals surface area contributed by atoms with Crippen molar-refractivity contribution >= 4 is 29.3 Å². The van der Waals surface area contributed by atoms with Crippen LogP contribution in [0.2, 0.25) is 5.02 Å². The summed E-state index contributed by atoms with van der Waals surface area (Å²) in [6.07, 6.45) is 1.47. The van der Waals surface area contributed by atoms with Gasteiger partial charge in [-0.25, -0.2) is 4.39 Å². The van der Waals surface area contributed by atoms with Crippen LogP contribution in [-0.2, 0) is 11.4 Å². The first kappa shape index (κ1) is 22.9. The molecule has 0 aliphatic heterocycles. The smallest absolute Gasteiger partial charge is 0.266 e. The monoisotopic (exact) mass is 450 g/mol. The molecule has 0 saturated carbocycles. The quantitative estimate of drug-likeness (QED) is 0.358. The largest absolute Gasteiger partial charge is 0.493 e. The van der Waals surface area contributed by atoms with Crippen molar-refractivity contribution in [1.29, 1.82) is 5.26 Å². The number of anilines is 1. The first-order valence-corrected chi connectivity index (χ1v) is 10.0. The molecule has 0 bridgehead atoms. The van der Waals surface area contributed by atoms with Crippen molar-refractivity contribution < 1.29 is 18.7 Å². The van der Waals surface area contributed by atoms with E-state index in [2.05, 4.69) is 5.32 Å². The molecule has 0 atom stereocenters. The Kier molecular flexibility index (Phi) is 7.48. The lowest BCUT2D eigenvalue weighted by Crippen LogP contribution is -2.14. The average Bonchev–Trinajstić information content (AvgIpc) is 2.79. The Balaban J connectivity index is 1.76. The second kappa shape index (κ2) is 10.5. The number of nitrogens with zero attached hydrogens (tertiary/aromatic N) is 1. The molecule has 5 nitrogen and oxygen atoms in total. The maximum absolute atomic E-state index is 13.0. The van der Waals surface area contributed by atoms with Crippen molar-refractivity contribution in [2.75, 3.05) is 12.4 Å². The molecule has 1 amide bonds. The number of hydrogen-bond donors (Lipinski definition) is 1. The third kappa shape index (κ3) is 5.87. The van der Waals surface area contributed by atoms with Gasteiger partial charge in [0.15, 0.2) is 11.5 Å². The van der Waals surface area contributed by atoms with Gasteiger partial charge in [0.25, 0.3) is 5.91 Å². The number of ether oxygens (including phenoxy) is 2. The number of rotatable bonds is 7. The van der Waals surface area contributed by atoms with Crippen LogP contribution < -0.4 is 14.8 Å². The lowest BCUT2D eigenvalue weighted by molar-refractivity contribution is -0.112. The number of nitrogens with one attached hydrogen (secondary N) is 1. The summed E-state index contributed by atoms with van der Waals surface area (Å²) in [7, 11) is 1.49. The molecule has 0 radical (unpaired) electrons. The number of methoxy groups -OCH3 is 1. The molecule has 1 N–H and O–H groups in total. The van der Waals surface area contributed by atoms with E-state index in [4.69, 9.17) is 21.1 Å². The maximum Gasteiger partial charge on any atom is 0.266 e. The highest BCUT2D eigenvalue weighted by molar-refractivity contribution is 6.30. The van der Waals surface area contributed by atoms with Crippen molar-refractivity contribution in [2.24, 2.45) is 0 Å². The standard InChI is InChI=1S/C25H20ClFN2O3/c1-16-11-20(26)6-9-22(16)29-25(30)19(14-28)12-18-5-10-23(24(13-18)31-2)32-15-17-3-7-21(27)8-4-17/h3-13H,15H2,1-2H3,(H,29,30)/b19-12+. The molecule has 0 fully saturated rings. The minimum absolute atomic E-state index is 0.0682. The number of aryl methyl sites for hydroxylation is 1. The van der Waals surface area contributed by atoms with Crippen molar-refractivity contribution in [3.63, 3.8) is 0 Å². The third-order valence-electron chi connectivity index (χ3n) is 4.61. The van der Waals surface area contributed by atoms with E-state index in [0.717, 1.165) is 11.1 Å². The summed E-state index contributed by atoms with van der Waals surface area (Å²) in [4.78, 5) is 12.6. The van der Waals surface area contributed by atoms with Gasteiger partial charge in [0.05, 0.1) is 7.11 Å². The summed E-state index contributed by atoms with van der Waals surface area (Å²) in [6, 6.07) is 18.1. The number of halogens is 2. The van der Waals surface area contributed by atoms with E-state index in [-0.39, 0.29) is 18.0 Å². The van der Waals surface area contributed by atoms with Gasteiger partial charge >= 0.3 is 0 Å². The van der Waals surface area contributed by atoms with Crippen LogP contribution in [0.1, 0.15) is 16.7 Å². The van der Waals surface area contributed by atoms with E-state index in [1.54, 1.807) is 48.5 Å². The number of benzene rings is 3. The Bertz CT molecular complexity index is 1200. The molecule has 32 heavy (non-hydrogen) atoms. The number of carbonyl (C=O) groups is 1. The molecule has 0 aromatic heterocycles. The minimum Gasteiger partial charge on any atom is -0.493 e. The highest BCUT2D eigenvalue weighted by atomic mass is 35.5. The highest BCUT2D eigenvalue weighted by Crippen LogP contribution is 2.30. The predicted octanol–water partition coefficient (Wildman–Crippen LogP) is 5.92. The van der Waals surface area contributed by atoms with E-state index in [1.807, 2.05) is 13.0 Å². The molecule has 0 aliphatic rings. The maximum atomic E-state index is 13.0. The van der Waals surface area contributed by atoms with Crippen LogP contribution in [0.4, 0.5) is 10.1 Å². The predicted molar refractivity (Wildman–Crippen MR) is 122 cm³/mol. The topological polar surface area (TPSA) is 71.3 Å². The number of nitriles is 1. The Morgan fingerprint density at radius 3 is 2.53 bits per heavy atom. The average molecular weight is 451 g/mol. The third-order valence-corrected chi connectivity index (χ3v) is 4.84. The number of carbonyl (C=O) groups excluding carboxylic acids is 1. The van der Waals surface area contributed by atoms with Crippen LogP contribution in [-0.4, -0.2) is 13.0 Å². The summed E-state index contributed by atoms with van der Waals surface area (Å²) in [5, 5.41) is 12.8. The molecule has 3 aromatic carbocycles. The molecule has 7 heteroatoms. The second-order valence-corrected chi connectivity index (χ2v) is 7.35. The Morgan fingerprint density at radius 1 is 1.12 bits per heavy atom. The Hall–Kier alpha value is -3.82. The summed E-state index contributed by atoms with van der Waals surface area (Å²) < 4.78 is 24.2. The molecule has 0 unspecified atom stereocenters. The van der Waals surface area contributed by atoms with Crippen molar-refractivity contribution in [3.05, 3.63) is 93.8 Å². The lowest BCUT2D eigenvalue weighted by atomic mass is 10.1. The van der Waals surface area contributed by atoms with Crippen molar-refractivity contribution in [2.45, 2.75) is 13.5 Å². The highest BCUT2D eigenvalue weighted by Gasteiger charge is 2.12. The van der Waals surface area contributed by atoms with Crippen molar-refractivity contribution in [3.8, 4) is 17.6 Å². The first-order valence-electron chi connectivity index (χ1n) is 9.64. The van der Waals surface area contributed by atoms with Gasteiger partial charge in [-0.2, -0.15) is 5.26 Å². The van der Waals surface area contributed by atoms with E-state index in [0.29, 0.717) is 27.8 Å². The lowest BCUT2D eigenvalue weighted by Gasteiger charge is -2.12. The van der Waals surface area contributed by atoms with Crippen LogP contribution in [0.5, 0.6) is 11.5 Å². The zero-order chi connectivity index (χ0) is 23.1. The van der Waals surface area contributed by atoms with E-state index in [1.165, 1.54) is 25.3 Å². The van der Waals surface area contributed by atoms with Gasteiger partial charge < -0.3 is 14.8 Å². The summed E-state index contributed by atoms with van der Waals surface area (Å²) in [5.74, 6) is 0.0698. The molecular formula is C25H20ClFN2O3. The number of amides is 1. The zero-order valence-corrected chi connectivity index (χ0v) is 18.2. The van der Waals surface area contributed by atoms with Gasteiger partial charge in [-0.3, -0.25) is 4.79 Å². The van der Waals surface area contributed by atoms with Crippen LogP contribution >= 0.6 is 11.6 Å². The van der Waals surface area contributed by atoms with Gasteiger partial charge in [0.2, 0.25) is 0 Å². The SMILES string of the molecule is COc1cc(/C=C(\C#N)C(=O)Nc2ccc(Cl)cc2C)ccc1OCc1ccc(F)cc1. The van der Waals surface area contributed by atoms with E-state index in [9.17, 15) is 14.4 Å². The van der Waals surface area contributed by atoms with Gasteiger partial charge in [-0.15, -0.1) is 0 Å². The molecule has 162 valence electrons. The number of hydrogen-bond acceptors (Lipinski definition) is 4. The van der Waals surface area contributed by atoms with Crippen molar-refractivity contribution in [1.82, 2.24) is 0 Å². The van der Waals surface area contributed by atoms with Crippen LogP contribution in [0, 0.1) is 24.1 Å². The summed E-state index contributed by atoms with van der Waals surface area (Å²) in [6.45, 7) is 2.05.